The number of nitrogens with zero attached hydrogens (tertiary/aromatic N) is 1. The summed E-state index contributed by atoms with van der Waals surface area (Å²) in [5.41, 5.74) is 1.91. The van der Waals surface area contributed by atoms with Crippen LogP contribution in [0.4, 0.5) is 5.69 Å². The molecule has 0 saturated heterocycles. The fourth-order valence-corrected chi connectivity index (χ4v) is 4.03. The third kappa shape index (κ3) is 2.36. The van der Waals surface area contributed by atoms with Crippen molar-refractivity contribution in [3.05, 3.63) is 42.0 Å². The highest BCUT2D eigenvalue weighted by atomic mass is 32.2. The molecule has 2 aromatic rings. The average molecular weight is 282 g/mol. The molecule has 102 valence electrons. The van der Waals surface area contributed by atoms with Crippen LogP contribution in [0.25, 0.3) is 10.8 Å². The van der Waals surface area contributed by atoms with Gasteiger partial charge in [-0.3, -0.25) is 0 Å². The van der Waals surface area contributed by atoms with E-state index in [9.17, 15) is 5.26 Å². The molecular weight excluding hydrogens is 264 g/mol. The Labute approximate surface area is 124 Å². The lowest BCUT2D eigenvalue weighted by atomic mass is 10.0. The minimum absolute atomic E-state index is 0.543. The van der Waals surface area contributed by atoms with E-state index >= 15 is 0 Å². The molecule has 20 heavy (non-hydrogen) atoms. The summed E-state index contributed by atoms with van der Waals surface area (Å²) in [6.07, 6.45) is 6.03. The predicted octanol–water partition coefficient (Wildman–Crippen LogP) is 4.41. The molecule has 1 saturated carbocycles. The van der Waals surface area contributed by atoms with Gasteiger partial charge in [-0.1, -0.05) is 30.7 Å². The number of rotatable bonds is 3. The van der Waals surface area contributed by atoms with Crippen LogP contribution in [0.15, 0.2) is 36.4 Å². The van der Waals surface area contributed by atoms with Gasteiger partial charge in [0.2, 0.25) is 0 Å². The fraction of sp³-hybridized carbons (Fsp3) is 0.353. The van der Waals surface area contributed by atoms with Crippen LogP contribution in [-0.2, 0) is 0 Å². The Bertz CT molecular complexity index is 660. The SMILES string of the molecule is CSC1CCCC1Nc1ccc(C#N)c2ccccc12. The van der Waals surface area contributed by atoms with E-state index in [4.69, 9.17) is 0 Å². The Kier molecular flexibility index (Phi) is 3.84. The molecule has 0 heterocycles. The first-order chi connectivity index (χ1) is 9.83. The number of thioether (sulfide) groups is 1. The number of nitriles is 1. The van der Waals surface area contributed by atoms with Gasteiger partial charge in [0.15, 0.2) is 0 Å². The zero-order chi connectivity index (χ0) is 13.9. The van der Waals surface area contributed by atoms with Crippen LogP contribution in [0, 0.1) is 11.3 Å². The normalized spacial score (nSPS) is 21.8. The molecule has 3 rings (SSSR count). The van der Waals surface area contributed by atoms with E-state index in [1.54, 1.807) is 0 Å². The molecule has 0 spiro atoms. The molecule has 1 N–H and O–H groups in total. The molecule has 0 radical (unpaired) electrons. The van der Waals surface area contributed by atoms with Crippen molar-refractivity contribution in [1.29, 1.82) is 5.26 Å². The lowest BCUT2D eigenvalue weighted by molar-refractivity contribution is 0.770. The minimum atomic E-state index is 0.543. The summed E-state index contributed by atoms with van der Waals surface area (Å²) in [5.74, 6) is 0. The van der Waals surface area contributed by atoms with Gasteiger partial charge in [0.1, 0.15) is 0 Å². The number of nitrogens with one attached hydrogen (secondary N) is 1. The molecule has 1 fully saturated rings. The van der Waals surface area contributed by atoms with Crippen LogP contribution >= 0.6 is 11.8 Å². The van der Waals surface area contributed by atoms with Crippen molar-refractivity contribution in [2.24, 2.45) is 0 Å². The van der Waals surface area contributed by atoms with Gasteiger partial charge in [0.05, 0.1) is 11.6 Å². The molecule has 3 heteroatoms. The van der Waals surface area contributed by atoms with Crippen LogP contribution in [-0.4, -0.2) is 17.5 Å². The van der Waals surface area contributed by atoms with Gasteiger partial charge in [-0.25, -0.2) is 0 Å². The summed E-state index contributed by atoms with van der Waals surface area (Å²) in [5, 5.41) is 15.8. The van der Waals surface area contributed by atoms with Crippen molar-refractivity contribution in [3.8, 4) is 6.07 Å². The van der Waals surface area contributed by atoms with E-state index in [2.05, 4.69) is 29.8 Å². The lowest BCUT2D eigenvalue weighted by Gasteiger charge is -2.21. The van der Waals surface area contributed by atoms with Crippen LogP contribution in [0.5, 0.6) is 0 Å². The maximum Gasteiger partial charge on any atom is 0.0998 e. The Balaban J connectivity index is 1.98. The number of benzene rings is 2. The van der Waals surface area contributed by atoms with Gasteiger partial charge < -0.3 is 5.32 Å². The highest BCUT2D eigenvalue weighted by molar-refractivity contribution is 7.99. The summed E-state index contributed by atoms with van der Waals surface area (Å²) in [6.45, 7) is 0. The molecule has 1 aliphatic carbocycles. The second-order valence-electron chi connectivity index (χ2n) is 5.27. The molecule has 1 aliphatic rings. The predicted molar refractivity (Wildman–Crippen MR) is 87.2 cm³/mol. The Hall–Kier alpha value is -1.66. The molecule has 2 unspecified atom stereocenters. The van der Waals surface area contributed by atoms with Gasteiger partial charge in [0, 0.05) is 27.8 Å². The van der Waals surface area contributed by atoms with E-state index in [-0.39, 0.29) is 0 Å². The third-order valence-electron chi connectivity index (χ3n) is 4.14. The molecule has 2 atom stereocenters. The summed E-state index contributed by atoms with van der Waals surface area (Å²) in [7, 11) is 0. The second-order valence-corrected chi connectivity index (χ2v) is 6.35. The van der Waals surface area contributed by atoms with Crippen molar-refractivity contribution < 1.29 is 0 Å². The van der Waals surface area contributed by atoms with Gasteiger partial charge in [-0.15, -0.1) is 0 Å². The monoisotopic (exact) mass is 282 g/mol. The van der Waals surface area contributed by atoms with Gasteiger partial charge in [0.25, 0.3) is 0 Å². The van der Waals surface area contributed by atoms with E-state index in [1.807, 2.05) is 36.0 Å². The Morgan fingerprint density at radius 3 is 2.70 bits per heavy atom. The average Bonchev–Trinajstić information content (AvgIpc) is 2.95. The first-order valence-electron chi connectivity index (χ1n) is 7.04. The molecular formula is C17H18N2S. The van der Waals surface area contributed by atoms with Gasteiger partial charge in [-0.05, 0) is 31.2 Å². The van der Waals surface area contributed by atoms with Crippen LogP contribution in [0.3, 0.4) is 0 Å². The third-order valence-corrected chi connectivity index (χ3v) is 5.31. The topological polar surface area (TPSA) is 35.8 Å². The highest BCUT2D eigenvalue weighted by Gasteiger charge is 2.26. The lowest BCUT2D eigenvalue weighted by Crippen LogP contribution is -2.25. The second kappa shape index (κ2) is 5.76. The van der Waals surface area contributed by atoms with Crippen molar-refractivity contribution >= 4 is 28.2 Å². The van der Waals surface area contributed by atoms with Crippen molar-refractivity contribution in [3.63, 3.8) is 0 Å². The molecule has 0 aliphatic heterocycles. The summed E-state index contributed by atoms with van der Waals surface area (Å²) < 4.78 is 0. The van der Waals surface area contributed by atoms with Crippen molar-refractivity contribution in [2.45, 2.75) is 30.6 Å². The maximum absolute atomic E-state index is 9.22. The van der Waals surface area contributed by atoms with Gasteiger partial charge in [-0.2, -0.15) is 17.0 Å². The van der Waals surface area contributed by atoms with E-state index in [0.717, 1.165) is 22.0 Å². The minimum Gasteiger partial charge on any atom is -0.381 e. The highest BCUT2D eigenvalue weighted by Crippen LogP contribution is 2.33. The first-order valence-corrected chi connectivity index (χ1v) is 8.33. The number of fused-ring (bicyclic) bond motifs is 1. The first kappa shape index (κ1) is 13.3. The summed E-state index contributed by atoms with van der Waals surface area (Å²) >= 11 is 1.96. The van der Waals surface area contributed by atoms with E-state index in [1.165, 1.54) is 19.3 Å². The smallest absolute Gasteiger partial charge is 0.0998 e. The largest absolute Gasteiger partial charge is 0.381 e. The maximum atomic E-state index is 9.22. The standard InChI is InChI=1S/C17H18N2S/c1-20-17-8-4-7-16(17)19-15-10-9-12(11-18)13-5-2-3-6-14(13)15/h2-3,5-6,9-10,16-17,19H,4,7-8H2,1H3. The quantitative estimate of drug-likeness (QED) is 0.906. The summed E-state index contributed by atoms with van der Waals surface area (Å²) in [6, 6.07) is 15.0. The van der Waals surface area contributed by atoms with Crippen molar-refractivity contribution in [2.75, 3.05) is 11.6 Å². The van der Waals surface area contributed by atoms with Crippen LogP contribution in [0.1, 0.15) is 24.8 Å². The van der Waals surface area contributed by atoms with Crippen LogP contribution in [0.2, 0.25) is 0 Å². The van der Waals surface area contributed by atoms with Crippen molar-refractivity contribution in [1.82, 2.24) is 0 Å². The zero-order valence-corrected chi connectivity index (χ0v) is 12.4. The molecule has 2 aromatic carbocycles. The molecule has 0 amide bonds. The zero-order valence-electron chi connectivity index (χ0n) is 11.6. The molecule has 0 bridgehead atoms. The fourth-order valence-electron chi connectivity index (χ4n) is 3.10. The van der Waals surface area contributed by atoms with E-state index in [0.29, 0.717) is 11.3 Å². The van der Waals surface area contributed by atoms with Gasteiger partial charge >= 0.3 is 0 Å². The number of anilines is 1. The van der Waals surface area contributed by atoms with Crippen LogP contribution < -0.4 is 5.32 Å². The Morgan fingerprint density at radius 2 is 1.95 bits per heavy atom. The number of hydrogen-bond donors (Lipinski definition) is 1. The summed E-state index contributed by atoms with van der Waals surface area (Å²) in [4.78, 5) is 0. The Morgan fingerprint density at radius 1 is 1.15 bits per heavy atom. The molecule has 2 nitrogen and oxygen atoms in total. The molecule has 0 aromatic heterocycles. The number of hydrogen-bond acceptors (Lipinski definition) is 3. The van der Waals surface area contributed by atoms with E-state index < -0.39 is 0 Å².